The van der Waals surface area contributed by atoms with Crippen LogP contribution in [0.25, 0.3) is 0 Å². The average Bonchev–Trinajstić information content (AvgIpc) is 3.00. The van der Waals surface area contributed by atoms with Gasteiger partial charge in [-0.05, 0) is 54.0 Å². The fraction of sp³-hybridized carbons (Fsp3) is 0.316. The largest absolute Gasteiger partial charge is 0.351 e. The fourth-order valence-electron chi connectivity index (χ4n) is 2.96. The standard InChI is InChI=1S/C19H21NO/c1-14(15-6-3-2-4-7-15)13-20-19(21)18-11-10-16-8-5-9-17(16)12-18/h2-4,6-7,10-12,14H,5,8-9,13H2,1H3,(H,20,21)/t14-/m1/s1. The summed E-state index contributed by atoms with van der Waals surface area (Å²) >= 11 is 0. The molecular formula is C19H21NO. The monoisotopic (exact) mass is 279 g/mol. The van der Waals surface area contributed by atoms with E-state index in [4.69, 9.17) is 0 Å². The van der Waals surface area contributed by atoms with Gasteiger partial charge in [0.25, 0.3) is 5.91 Å². The smallest absolute Gasteiger partial charge is 0.251 e. The van der Waals surface area contributed by atoms with Crippen molar-refractivity contribution < 1.29 is 4.79 Å². The highest BCUT2D eigenvalue weighted by Crippen LogP contribution is 2.23. The molecule has 0 aromatic heterocycles. The zero-order chi connectivity index (χ0) is 14.7. The Morgan fingerprint density at radius 2 is 1.86 bits per heavy atom. The number of carbonyl (C=O) groups excluding carboxylic acids is 1. The van der Waals surface area contributed by atoms with Crippen molar-refractivity contribution in [3.05, 3.63) is 70.8 Å². The number of benzene rings is 2. The number of aryl methyl sites for hydroxylation is 2. The van der Waals surface area contributed by atoms with Crippen molar-refractivity contribution in [3.63, 3.8) is 0 Å². The third kappa shape index (κ3) is 3.15. The van der Waals surface area contributed by atoms with Gasteiger partial charge in [-0.3, -0.25) is 4.79 Å². The molecular weight excluding hydrogens is 258 g/mol. The van der Waals surface area contributed by atoms with Gasteiger partial charge in [0.2, 0.25) is 0 Å². The van der Waals surface area contributed by atoms with Crippen LogP contribution in [0.2, 0.25) is 0 Å². The van der Waals surface area contributed by atoms with Crippen LogP contribution in [0.4, 0.5) is 0 Å². The molecule has 1 aliphatic carbocycles. The van der Waals surface area contributed by atoms with Crippen molar-refractivity contribution in [2.24, 2.45) is 0 Å². The molecule has 1 amide bonds. The van der Waals surface area contributed by atoms with Crippen LogP contribution in [0.3, 0.4) is 0 Å². The van der Waals surface area contributed by atoms with Crippen LogP contribution in [-0.4, -0.2) is 12.5 Å². The molecule has 0 fully saturated rings. The van der Waals surface area contributed by atoms with Crippen molar-refractivity contribution in [2.75, 3.05) is 6.54 Å². The summed E-state index contributed by atoms with van der Waals surface area (Å²) in [4.78, 5) is 12.3. The first kappa shape index (κ1) is 13.9. The summed E-state index contributed by atoms with van der Waals surface area (Å²) in [6.07, 6.45) is 3.48. The normalized spacial score (nSPS) is 14.5. The first-order valence-electron chi connectivity index (χ1n) is 7.69. The molecule has 108 valence electrons. The van der Waals surface area contributed by atoms with Crippen molar-refractivity contribution in [3.8, 4) is 0 Å². The minimum atomic E-state index is 0.0347. The molecule has 1 aliphatic rings. The van der Waals surface area contributed by atoms with Gasteiger partial charge in [0, 0.05) is 12.1 Å². The molecule has 0 bridgehead atoms. The Bertz CT molecular complexity index is 633. The molecule has 0 radical (unpaired) electrons. The summed E-state index contributed by atoms with van der Waals surface area (Å²) in [5, 5.41) is 3.05. The summed E-state index contributed by atoms with van der Waals surface area (Å²) in [5.74, 6) is 0.358. The van der Waals surface area contributed by atoms with Gasteiger partial charge in [-0.1, -0.05) is 43.3 Å². The number of nitrogens with one attached hydrogen (secondary N) is 1. The Morgan fingerprint density at radius 1 is 1.10 bits per heavy atom. The van der Waals surface area contributed by atoms with Gasteiger partial charge in [-0.15, -0.1) is 0 Å². The van der Waals surface area contributed by atoms with E-state index in [1.807, 2.05) is 24.3 Å². The van der Waals surface area contributed by atoms with E-state index in [0.29, 0.717) is 12.5 Å². The van der Waals surface area contributed by atoms with Gasteiger partial charge in [0.15, 0.2) is 0 Å². The molecule has 2 heteroatoms. The third-order valence-electron chi connectivity index (χ3n) is 4.30. The summed E-state index contributed by atoms with van der Waals surface area (Å²) in [6, 6.07) is 16.4. The van der Waals surface area contributed by atoms with Crippen molar-refractivity contribution in [1.29, 1.82) is 0 Å². The predicted octanol–water partition coefficient (Wildman–Crippen LogP) is 3.71. The lowest BCUT2D eigenvalue weighted by atomic mass is 10.0. The summed E-state index contributed by atoms with van der Waals surface area (Å²) in [6.45, 7) is 2.80. The Balaban J connectivity index is 1.62. The van der Waals surface area contributed by atoms with E-state index in [1.165, 1.54) is 23.1 Å². The molecule has 0 aliphatic heterocycles. The molecule has 0 saturated heterocycles. The maximum Gasteiger partial charge on any atom is 0.251 e. The molecule has 0 heterocycles. The summed E-state index contributed by atoms with van der Waals surface area (Å²) < 4.78 is 0. The zero-order valence-electron chi connectivity index (χ0n) is 12.4. The second-order valence-electron chi connectivity index (χ2n) is 5.86. The quantitative estimate of drug-likeness (QED) is 0.908. The van der Waals surface area contributed by atoms with E-state index in [2.05, 4.69) is 36.5 Å². The molecule has 0 unspecified atom stereocenters. The first-order valence-corrected chi connectivity index (χ1v) is 7.69. The molecule has 1 N–H and O–H groups in total. The topological polar surface area (TPSA) is 29.1 Å². The minimum Gasteiger partial charge on any atom is -0.351 e. The second-order valence-corrected chi connectivity index (χ2v) is 5.86. The maximum atomic E-state index is 12.3. The minimum absolute atomic E-state index is 0.0347. The number of hydrogen-bond donors (Lipinski definition) is 1. The number of hydrogen-bond acceptors (Lipinski definition) is 1. The number of amides is 1. The first-order chi connectivity index (χ1) is 10.2. The highest BCUT2D eigenvalue weighted by molar-refractivity contribution is 5.94. The Kier molecular flexibility index (Phi) is 4.05. The molecule has 1 atom stereocenters. The molecule has 21 heavy (non-hydrogen) atoms. The van der Waals surface area contributed by atoms with Gasteiger partial charge in [0.05, 0.1) is 0 Å². The lowest BCUT2D eigenvalue weighted by Crippen LogP contribution is -2.27. The SMILES string of the molecule is C[C@H](CNC(=O)c1ccc2c(c1)CCC2)c1ccccc1. The number of fused-ring (bicyclic) bond motifs is 1. The molecule has 2 aromatic rings. The van der Waals surface area contributed by atoms with Gasteiger partial charge in [0.1, 0.15) is 0 Å². The van der Waals surface area contributed by atoms with Crippen LogP contribution < -0.4 is 5.32 Å². The lowest BCUT2D eigenvalue weighted by molar-refractivity contribution is 0.0951. The van der Waals surface area contributed by atoms with Gasteiger partial charge in [-0.2, -0.15) is 0 Å². The predicted molar refractivity (Wildman–Crippen MR) is 85.7 cm³/mol. The van der Waals surface area contributed by atoms with Crippen LogP contribution in [-0.2, 0) is 12.8 Å². The van der Waals surface area contributed by atoms with Crippen LogP contribution in [0.5, 0.6) is 0 Å². The fourth-order valence-corrected chi connectivity index (χ4v) is 2.96. The second kappa shape index (κ2) is 6.13. The van der Waals surface area contributed by atoms with E-state index < -0.39 is 0 Å². The summed E-state index contributed by atoms with van der Waals surface area (Å²) in [5.41, 5.74) is 4.80. The van der Waals surface area contributed by atoms with Gasteiger partial charge < -0.3 is 5.32 Å². The van der Waals surface area contributed by atoms with Crippen molar-refractivity contribution in [1.82, 2.24) is 5.32 Å². The van der Waals surface area contributed by atoms with Crippen LogP contribution in [0, 0.1) is 0 Å². The van der Waals surface area contributed by atoms with E-state index in [-0.39, 0.29) is 5.91 Å². The zero-order valence-corrected chi connectivity index (χ0v) is 12.4. The molecule has 2 aromatic carbocycles. The number of rotatable bonds is 4. The maximum absolute atomic E-state index is 12.3. The van der Waals surface area contributed by atoms with Crippen LogP contribution >= 0.6 is 0 Å². The van der Waals surface area contributed by atoms with Crippen molar-refractivity contribution in [2.45, 2.75) is 32.1 Å². The molecule has 3 rings (SSSR count). The molecule has 0 saturated carbocycles. The van der Waals surface area contributed by atoms with Crippen LogP contribution in [0.15, 0.2) is 48.5 Å². The third-order valence-corrected chi connectivity index (χ3v) is 4.30. The Hall–Kier alpha value is -2.09. The molecule has 0 spiro atoms. The lowest BCUT2D eigenvalue weighted by Gasteiger charge is -2.13. The van der Waals surface area contributed by atoms with Gasteiger partial charge >= 0.3 is 0 Å². The van der Waals surface area contributed by atoms with E-state index in [0.717, 1.165) is 18.4 Å². The highest BCUT2D eigenvalue weighted by atomic mass is 16.1. The Morgan fingerprint density at radius 3 is 2.67 bits per heavy atom. The van der Waals surface area contributed by atoms with Gasteiger partial charge in [-0.25, -0.2) is 0 Å². The van der Waals surface area contributed by atoms with Crippen LogP contribution in [0.1, 0.15) is 46.3 Å². The van der Waals surface area contributed by atoms with E-state index in [9.17, 15) is 4.79 Å². The molecule has 2 nitrogen and oxygen atoms in total. The summed E-state index contributed by atoms with van der Waals surface area (Å²) in [7, 11) is 0. The average molecular weight is 279 g/mol. The number of carbonyl (C=O) groups is 1. The van der Waals surface area contributed by atoms with Crippen molar-refractivity contribution >= 4 is 5.91 Å². The Labute approximate surface area is 126 Å². The highest BCUT2D eigenvalue weighted by Gasteiger charge is 2.14. The van der Waals surface area contributed by atoms with E-state index >= 15 is 0 Å². The van der Waals surface area contributed by atoms with E-state index in [1.54, 1.807) is 0 Å².